The molecule has 0 aliphatic heterocycles. The number of ether oxygens (including phenoxy) is 2. The quantitative estimate of drug-likeness (QED) is 0.719. The van der Waals surface area contributed by atoms with E-state index in [0.717, 1.165) is 17.1 Å². The number of benzene rings is 2. The Kier molecular flexibility index (Phi) is 3.34. The van der Waals surface area contributed by atoms with Crippen LogP contribution in [-0.2, 0) is 7.05 Å². The molecule has 3 aromatic rings. The first-order chi connectivity index (χ1) is 10.2. The molecule has 0 spiro atoms. The van der Waals surface area contributed by atoms with Gasteiger partial charge in [0.2, 0.25) is 0 Å². The second-order valence-corrected chi connectivity index (χ2v) is 5.12. The maximum absolute atomic E-state index is 5.42. The lowest BCUT2D eigenvalue weighted by molar-refractivity contribution is 0.355. The van der Waals surface area contributed by atoms with Crippen molar-refractivity contribution in [3.63, 3.8) is 0 Å². The van der Waals surface area contributed by atoms with E-state index in [0.29, 0.717) is 0 Å². The summed E-state index contributed by atoms with van der Waals surface area (Å²) in [5.41, 5.74) is 4.85. The molecule has 3 heteroatoms. The number of hydrogen-bond acceptors (Lipinski definition) is 2. The molecule has 0 aliphatic carbocycles. The summed E-state index contributed by atoms with van der Waals surface area (Å²) >= 11 is 0. The van der Waals surface area contributed by atoms with E-state index >= 15 is 0 Å². The Hall–Kier alpha value is -2.42. The minimum Gasteiger partial charge on any atom is -0.493 e. The lowest BCUT2D eigenvalue weighted by Gasteiger charge is -2.11. The summed E-state index contributed by atoms with van der Waals surface area (Å²) < 4.78 is 13.0. The zero-order chi connectivity index (χ0) is 15.0. The number of nitrogens with zero attached hydrogens (tertiary/aromatic N) is 1. The minimum atomic E-state index is 0.748. The Morgan fingerprint density at radius 1 is 0.905 bits per heavy atom. The van der Waals surface area contributed by atoms with Crippen LogP contribution in [-0.4, -0.2) is 18.8 Å². The molecule has 0 saturated heterocycles. The third-order valence-electron chi connectivity index (χ3n) is 4.02. The van der Waals surface area contributed by atoms with Gasteiger partial charge in [0.25, 0.3) is 0 Å². The molecule has 0 bridgehead atoms. The normalized spacial score (nSPS) is 10.9. The Labute approximate surface area is 124 Å². The number of hydrogen-bond donors (Lipinski definition) is 0. The Balaban J connectivity index is 2.25. The molecule has 3 rings (SSSR count). The summed E-state index contributed by atoms with van der Waals surface area (Å²) in [6, 6.07) is 14.5. The number of methoxy groups -OCH3 is 2. The van der Waals surface area contributed by atoms with Gasteiger partial charge >= 0.3 is 0 Å². The first-order valence-corrected chi connectivity index (χ1v) is 6.93. The van der Waals surface area contributed by atoms with E-state index in [9.17, 15) is 0 Å². The first-order valence-electron chi connectivity index (χ1n) is 6.93. The molecule has 3 nitrogen and oxygen atoms in total. The molecule has 0 aliphatic rings. The third kappa shape index (κ3) is 2.05. The van der Waals surface area contributed by atoms with Crippen LogP contribution >= 0.6 is 0 Å². The van der Waals surface area contributed by atoms with Crippen molar-refractivity contribution >= 4 is 10.9 Å². The highest BCUT2D eigenvalue weighted by Gasteiger charge is 2.14. The maximum Gasteiger partial charge on any atom is 0.161 e. The van der Waals surface area contributed by atoms with Crippen LogP contribution in [0.1, 0.15) is 5.56 Å². The lowest BCUT2D eigenvalue weighted by atomic mass is 10.1. The molecular weight excluding hydrogens is 262 g/mol. The molecule has 0 fully saturated rings. The second kappa shape index (κ2) is 5.17. The van der Waals surface area contributed by atoms with E-state index in [4.69, 9.17) is 9.47 Å². The Morgan fingerprint density at radius 2 is 1.62 bits per heavy atom. The van der Waals surface area contributed by atoms with Crippen LogP contribution in [0.5, 0.6) is 11.5 Å². The van der Waals surface area contributed by atoms with Crippen molar-refractivity contribution in [1.82, 2.24) is 4.57 Å². The van der Waals surface area contributed by atoms with Crippen LogP contribution in [0.4, 0.5) is 0 Å². The molecule has 0 unspecified atom stereocenters. The van der Waals surface area contributed by atoms with Crippen molar-refractivity contribution in [1.29, 1.82) is 0 Å². The summed E-state index contributed by atoms with van der Waals surface area (Å²) in [5.74, 6) is 1.50. The van der Waals surface area contributed by atoms with E-state index in [1.165, 1.54) is 22.2 Å². The maximum atomic E-state index is 5.42. The number of fused-ring (bicyclic) bond motifs is 1. The lowest BCUT2D eigenvalue weighted by Crippen LogP contribution is -1.95. The predicted octanol–water partition coefficient (Wildman–Crippen LogP) is 4.17. The SMILES string of the molecule is COc1ccc(-c2c(C)c3ccccc3n2C)cc1OC. The average molecular weight is 281 g/mol. The highest BCUT2D eigenvalue weighted by atomic mass is 16.5. The number of aryl methyl sites for hydroxylation is 2. The molecule has 2 aromatic carbocycles. The molecule has 0 radical (unpaired) electrons. The molecule has 21 heavy (non-hydrogen) atoms. The fourth-order valence-electron chi connectivity index (χ4n) is 2.98. The third-order valence-corrected chi connectivity index (χ3v) is 4.02. The van der Waals surface area contributed by atoms with Gasteiger partial charge in [-0.2, -0.15) is 0 Å². The zero-order valence-electron chi connectivity index (χ0n) is 12.8. The highest BCUT2D eigenvalue weighted by molar-refractivity contribution is 5.91. The van der Waals surface area contributed by atoms with Gasteiger partial charge < -0.3 is 14.0 Å². The molecule has 0 atom stereocenters. The van der Waals surface area contributed by atoms with E-state index < -0.39 is 0 Å². The van der Waals surface area contributed by atoms with Crippen LogP contribution in [0.2, 0.25) is 0 Å². The van der Waals surface area contributed by atoms with Gasteiger partial charge in [-0.1, -0.05) is 18.2 Å². The zero-order valence-corrected chi connectivity index (χ0v) is 12.8. The topological polar surface area (TPSA) is 23.4 Å². The first kappa shape index (κ1) is 13.6. The van der Waals surface area contributed by atoms with E-state index in [2.05, 4.69) is 48.9 Å². The summed E-state index contributed by atoms with van der Waals surface area (Å²) in [4.78, 5) is 0. The van der Waals surface area contributed by atoms with Crippen LogP contribution in [0.15, 0.2) is 42.5 Å². The molecule has 1 heterocycles. The van der Waals surface area contributed by atoms with Gasteiger partial charge in [-0.05, 0) is 36.8 Å². The molecule has 0 N–H and O–H groups in total. The van der Waals surface area contributed by atoms with Crippen LogP contribution in [0, 0.1) is 6.92 Å². The highest BCUT2D eigenvalue weighted by Crippen LogP contribution is 2.36. The molecule has 1 aromatic heterocycles. The second-order valence-electron chi connectivity index (χ2n) is 5.12. The van der Waals surface area contributed by atoms with Crippen LogP contribution in [0.3, 0.4) is 0 Å². The summed E-state index contributed by atoms with van der Waals surface area (Å²) in [7, 11) is 5.41. The number of aromatic nitrogens is 1. The monoisotopic (exact) mass is 281 g/mol. The van der Waals surface area contributed by atoms with Crippen molar-refractivity contribution in [2.45, 2.75) is 6.92 Å². The summed E-state index contributed by atoms with van der Waals surface area (Å²) in [6.07, 6.45) is 0. The smallest absolute Gasteiger partial charge is 0.161 e. The average Bonchev–Trinajstić information content (AvgIpc) is 2.78. The van der Waals surface area contributed by atoms with Crippen molar-refractivity contribution in [3.05, 3.63) is 48.0 Å². The van der Waals surface area contributed by atoms with Crippen molar-refractivity contribution in [3.8, 4) is 22.8 Å². The molecule has 0 amide bonds. The number of para-hydroxylation sites is 1. The van der Waals surface area contributed by atoms with Gasteiger partial charge in [-0.3, -0.25) is 0 Å². The van der Waals surface area contributed by atoms with Gasteiger partial charge in [0, 0.05) is 23.5 Å². The molecular formula is C18H19NO2. The Morgan fingerprint density at radius 3 is 2.29 bits per heavy atom. The fourth-order valence-corrected chi connectivity index (χ4v) is 2.98. The van der Waals surface area contributed by atoms with Gasteiger partial charge in [-0.25, -0.2) is 0 Å². The van der Waals surface area contributed by atoms with Crippen molar-refractivity contribution < 1.29 is 9.47 Å². The Bertz CT molecular complexity index is 763. The van der Waals surface area contributed by atoms with Crippen LogP contribution in [0.25, 0.3) is 22.2 Å². The van der Waals surface area contributed by atoms with E-state index in [1.54, 1.807) is 14.2 Å². The summed E-state index contributed by atoms with van der Waals surface area (Å²) in [5, 5.41) is 1.28. The van der Waals surface area contributed by atoms with Gasteiger partial charge in [0.05, 0.1) is 19.9 Å². The molecule has 108 valence electrons. The van der Waals surface area contributed by atoms with Gasteiger partial charge in [-0.15, -0.1) is 0 Å². The van der Waals surface area contributed by atoms with Gasteiger partial charge in [0.15, 0.2) is 11.5 Å². The molecule has 0 saturated carbocycles. The fraction of sp³-hybridized carbons (Fsp3) is 0.222. The van der Waals surface area contributed by atoms with Gasteiger partial charge in [0.1, 0.15) is 0 Å². The predicted molar refractivity (Wildman–Crippen MR) is 86.2 cm³/mol. The van der Waals surface area contributed by atoms with Crippen molar-refractivity contribution in [2.24, 2.45) is 7.05 Å². The van der Waals surface area contributed by atoms with E-state index in [1.807, 2.05) is 12.1 Å². The van der Waals surface area contributed by atoms with E-state index in [-0.39, 0.29) is 0 Å². The number of rotatable bonds is 3. The summed E-state index contributed by atoms with van der Waals surface area (Å²) in [6.45, 7) is 2.16. The van der Waals surface area contributed by atoms with Crippen molar-refractivity contribution in [2.75, 3.05) is 14.2 Å². The largest absolute Gasteiger partial charge is 0.493 e. The minimum absolute atomic E-state index is 0.748. The van der Waals surface area contributed by atoms with Crippen LogP contribution < -0.4 is 9.47 Å². The standard InChI is InChI=1S/C18H19NO2/c1-12-14-7-5-6-8-15(14)19(2)18(12)13-9-10-16(20-3)17(11-13)21-4/h5-11H,1-4H3.